The Labute approximate surface area is 111 Å². The highest BCUT2D eigenvalue weighted by Crippen LogP contribution is 2.60. The Balaban J connectivity index is 1.85. The third kappa shape index (κ3) is 1.61. The van der Waals surface area contributed by atoms with Crippen LogP contribution in [-0.2, 0) is 4.79 Å². The van der Waals surface area contributed by atoms with E-state index in [0.717, 1.165) is 12.8 Å². The Bertz CT molecular complexity index is 335. The molecule has 3 rings (SSSR count). The fourth-order valence-electron chi connectivity index (χ4n) is 5.17. The Morgan fingerprint density at radius 3 is 2.11 bits per heavy atom. The van der Waals surface area contributed by atoms with Crippen LogP contribution < -0.4 is 0 Å². The summed E-state index contributed by atoms with van der Waals surface area (Å²) < 4.78 is 0. The van der Waals surface area contributed by atoms with E-state index in [1.54, 1.807) is 0 Å². The van der Waals surface area contributed by atoms with Crippen LogP contribution in [0, 0.1) is 10.8 Å². The molecular weight excluding hydrogens is 222 g/mol. The van der Waals surface area contributed by atoms with Gasteiger partial charge in [0.05, 0.1) is 0 Å². The molecule has 18 heavy (non-hydrogen) atoms. The van der Waals surface area contributed by atoms with Gasteiger partial charge in [0.25, 0.3) is 0 Å². The lowest BCUT2D eigenvalue weighted by atomic mass is 9.44. The van der Waals surface area contributed by atoms with E-state index in [2.05, 4.69) is 18.7 Å². The first-order chi connectivity index (χ1) is 8.59. The molecule has 3 fully saturated rings. The molecule has 3 aliphatic rings. The number of carbonyl (C=O) groups excluding carboxylic acids is 1. The molecule has 0 aromatic rings. The van der Waals surface area contributed by atoms with Gasteiger partial charge in [0.15, 0.2) is 0 Å². The summed E-state index contributed by atoms with van der Waals surface area (Å²) in [5, 5.41) is 0. The average molecular weight is 249 g/mol. The normalized spacial score (nSPS) is 35.4. The Kier molecular flexibility index (Phi) is 3.04. The summed E-state index contributed by atoms with van der Waals surface area (Å²) in [4.78, 5) is 15.3. The maximum atomic E-state index is 12.7. The van der Waals surface area contributed by atoms with Crippen LogP contribution in [0.4, 0.5) is 0 Å². The monoisotopic (exact) mass is 249 g/mol. The second-order valence-electron chi connectivity index (χ2n) is 7.27. The van der Waals surface area contributed by atoms with Crippen molar-refractivity contribution in [3.05, 3.63) is 0 Å². The Morgan fingerprint density at radius 2 is 1.50 bits per heavy atom. The van der Waals surface area contributed by atoms with Crippen LogP contribution in [0.1, 0.15) is 65.2 Å². The molecule has 2 nitrogen and oxygen atoms in total. The standard InChI is InChI=1S/C16H27NO/c1-15(2)13(17-11-7-4-8-12-17)16(14(15)18)9-5-3-6-10-16/h13H,3-12H2,1-2H3. The van der Waals surface area contributed by atoms with Crippen LogP contribution in [0.3, 0.4) is 0 Å². The summed E-state index contributed by atoms with van der Waals surface area (Å²) in [5.74, 6) is 0.574. The molecule has 1 saturated heterocycles. The van der Waals surface area contributed by atoms with Crippen LogP contribution >= 0.6 is 0 Å². The zero-order chi connectivity index (χ0) is 12.8. The fourth-order valence-corrected chi connectivity index (χ4v) is 5.17. The number of piperidine rings is 1. The van der Waals surface area contributed by atoms with Gasteiger partial charge in [-0.3, -0.25) is 9.69 Å². The van der Waals surface area contributed by atoms with Gasteiger partial charge in [-0.15, -0.1) is 0 Å². The number of Topliss-reactive ketones (excluding diaryl/α,β-unsaturated/α-hetero) is 1. The van der Waals surface area contributed by atoms with Gasteiger partial charge in [-0.2, -0.15) is 0 Å². The molecule has 2 saturated carbocycles. The summed E-state index contributed by atoms with van der Waals surface area (Å²) >= 11 is 0. The largest absolute Gasteiger partial charge is 0.298 e. The third-order valence-electron chi connectivity index (χ3n) is 5.75. The van der Waals surface area contributed by atoms with E-state index in [1.165, 1.54) is 51.6 Å². The highest BCUT2D eigenvalue weighted by atomic mass is 16.1. The van der Waals surface area contributed by atoms with Crippen molar-refractivity contribution in [2.24, 2.45) is 10.8 Å². The van der Waals surface area contributed by atoms with Crippen LogP contribution in [-0.4, -0.2) is 29.8 Å². The third-order valence-corrected chi connectivity index (χ3v) is 5.75. The molecule has 1 atom stereocenters. The number of hydrogen-bond donors (Lipinski definition) is 0. The number of carbonyl (C=O) groups is 1. The van der Waals surface area contributed by atoms with E-state index in [4.69, 9.17) is 0 Å². The first kappa shape index (κ1) is 12.7. The van der Waals surface area contributed by atoms with E-state index in [0.29, 0.717) is 11.8 Å². The average Bonchev–Trinajstić information content (AvgIpc) is 2.40. The number of rotatable bonds is 1. The molecule has 1 spiro atoms. The van der Waals surface area contributed by atoms with Crippen molar-refractivity contribution < 1.29 is 4.79 Å². The fraction of sp³-hybridized carbons (Fsp3) is 0.938. The van der Waals surface area contributed by atoms with Crippen molar-refractivity contribution in [2.45, 2.75) is 71.3 Å². The maximum absolute atomic E-state index is 12.7. The summed E-state index contributed by atoms with van der Waals surface area (Å²) in [6.45, 7) is 6.83. The first-order valence-corrected chi connectivity index (χ1v) is 7.88. The summed E-state index contributed by atoms with van der Waals surface area (Å²) in [5.41, 5.74) is -0.0340. The molecule has 0 radical (unpaired) electrons. The number of likely N-dealkylation sites (tertiary alicyclic amines) is 1. The predicted molar refractivity (Wildman–Crippen MR) is 73.5 cm³/mol. The van der Waals surface area contributed by atoms with Gasteiger partial charge >= 0.3 is 0 Å². The van der Waals surface area contributed by atoms with Crippen LogP contribution in [0.15, 0.2) is 0 Å². The quantitative estimate of drug-likeness (QED) is 0.710. The Morgan fingerprint density at radius 1 is 0.944 bits per heavy atom. The lowest BCUT2D eigenvalue weighted by molar-refractivity contribution is -0.182. The highest BCUT2D eigenvalue weighted by molar-refractivity contribution is 5.98. The van der Waals surface area contributed by atoms with Crippen LogP contribution in [0.2, 0.25) is 0 Å². The van der Waals surface area contributed by atoms with Gasteiger partial charge in [0, 0.05) is 16.9 Å². The minimum atomic E-state index is -0.0886. The van der Waals surface area contributed by atoms with Crippen LogP contribution in [0.5, 0.6) is 0 Å². The van der Waals surface area contributed by atoms with Gasteiger partial charge in [-0.25, -0.2) is 0 Å². The van der Waals surface area contributed by atoms with Crippen LogP contribution in [0.25, 0.3) is 0 Å². The minimum absolute atomic E-state index is 0.0547. The van der Waals surface area contributed by atoms with E-state index in [-0.39, 0.29) is 10.8 Å². The number of nitrogens with zero attached hydrogens (tertiary/aromatic N) is 1. The molecule has 0 N–H and O–H groups in total. The van der Waals surface area contributed by atoms with Gasteiger partial charge in [0.2, 0.25) is 0 Å². The molecule has 1 aliphatic heterocycles. The molecular formula is C16H27NO. The summed E-state index contributed by atoms with van der Waals surface area (Å²) in [6, 6.07) is 0.540. The zero-order valence-corrected chi connectivity index (χ0v) is 12.0. The van der Waals surface area contributed by atoms with E-state index in [1.807, 2.05) is 0 Å². The molecule has 0 aromatic heterocycles. The van der Waals surface area contributed by atoms with Crippen molar-refractivity contribution in [2.75, 3.05) is 13.1 Å². The van der Waals surface area contributed by atoms with Crippen molar-refractivity contribution in [3.8, 4) is 0 Å². The molecule has 0 bridgehead atoms. The van der Waals surface area contributed by atoms with E-state index >= 15 is 0 Å². The lowest BCUT2D eigenvalue weighted by Crippen LogP contribution is -2.73. The summed E-state index contributed by atoms with van der Waals surface area (Å²) in [7, 11) is 0. The van der Waals surface area contributed by atoms with Crippen molar-refractivity contribution in [1.29, 1.82) is 0 Å². The maximum Gasteiger partial charge on any atom is 0.147 e. The molecule has 0 amide bonds. The van der Waals surface area contributed by atoms with Gasteiger partial charge in [-0.05, 0) is 38.8 Å². The topological polar surface area (TPSA) is 20.3 Å². The molecule has 2 heteroatoms. The molecule has 102 valence electrons. The van der Waals surface area contributed by atoms with E-state index in [9.17, 15) is 4.79 Å². The number of hydrogen-bond acceptors (Lipinski definition) is 2. The number of ketones is 1. The van der Waals surface area contributed by atoms with Crippen molar-refractivity contribution in [1.82, 2.24) is 4.90 Å². The van der Waals surface area contributed by atoms with Crippen molar-refractivity contribution in [3.63, 3.8) is 0 Å². The SMILES string of the molecule is CC1(C)C(=O)C2(CCCCC2)C1N1CCCCC1. The van der Waals surface area contributed by atoms with Gasteiger partial charge in [0.1, 0.15) is 5.78 Å². The molecule has 2 aliphatic carbocycles. The minimum Gasteiger partial charge on any atom is -0.298 e. The second-order valence-corrected chi connectivity index (χ2v) is 7.27. The molecule has 1 unspecified atom stereocenters. The second kappa shape index (κ2) is 4.33. The Hall–Kier alpha value is -0.370. The molecule has 1 heterocycles. The predicted octanol–water partition coefficient (Wildman–Crippen LogP) is 3.40. The lowest BCUT2D eigenvalue weighted by Gasteiger charge is -2.64. The summed E-state index contributed by atoms with van der Waals surface area (Å²) in [6.07, 6.45) is 10.2. The molecule has 0 aromatic carbocycles. The first-order valence-electron chi connectivity index (χ1n) is 7.88. The zero-order valence-electron chi connectivity index (χ0n) is 12.0. The van der Waals surface area contributed by atoms with Crippen molar-refractivity contribution >= 4 is 5.78 Å². The smallest absolute Gasteiger partial charge is 0.147 e. The van der Waals surface area contributed by atoms with Gasteiger partial charge in [-0.1, -0.05) is 39.5 Å². The van der Waals surface area contributed by atoms with E-state index < -0.39 is 0 Å². The highest BCUT2D eigenvalue weighted by Gasteiger charge is 2.67. The van der Waals surface area contributed by atoms with Gasteiger partial charge < -0.3 is 0 Å².